The maximum atomic E-state index is 13.8. The van der Waals surface area contributed by atoms with Gasteiger partial charge in [-0.25, -0.2) is 8.42 Å². The molecule has 0 aliphatic heterocycles. The van der Waals surface area contributed by atoms with Crippen molar-refractivity contribution in [3.05, 3.63) is 101 Å². The fourth-order valence-corrected chi connectivity index (χ4v) is 5.74. The fraction of sp³-hybridized carbons (Fsp3) is 0.375. The Hall–Kier alpha value is -3.65. The van der Waals surface area contributed by atoms with E-state index in [0.29, 0.717) is 25.1 Å². The normalized spacial score (nSPS) is 12.0. The Labute approximate surface area is 239 Å². The molecule has 0 spiro atoms. The Morgan fingerprint density at radius 3 is 2.17 bits per heavy atom. The number of hydrogen-bond donors (Lipinski definition) is 1. The maximum Gasteiger partial charge on any atom is 0.243 e. The van der Waals surface area contributed by atoms with Crippen molar-refractivity contribution in [2.24, 2.45) is 0 Å². The van der Waals surface area contributed by atoms with Crippen LogP contribution in [0.4, 0.5) is 5.69 Å². The number of aryl methyl sites for hydroxylation is 2. The summed E-state index contributed by atoms with van der Waals surface area (Å²) in [5.74, 6) is -0.401. The van der Waals surface area contributed by atoms with Gasteiger partial charge in [0.25, 0.3) is 0 Å². The monoisotopic (exact) mass is 563 g/mol. The number of anilines is 1. The molecule has 0 heterocycles. The van der Waals surface area contributed by atoms with Crippen molar-refractivity contribution in [3.63, 3.8) is 0 Å². The number of likely N-dealkylation sites (N-methyl/N-ethyl adjacent to an activating group) is 1. The van der Waals surface area contributed by atoms with Gasteiger partial charge < -0.3 is 10.2 Å². The average molecular weight is 564 g/mol. The molecule has 40 heavy (non-hydrogen) atoms. The molecule has 8 heteroatoms. The zero-order valence-electron chi connectivity index (χ0n) is 24.2. The maximum absolute atomic E-state index is 13.8. The number of rotatable bonds is 13. The van der Waals surface area contributed by atoms with E-state index < -0.39 is 16.1 Å². The third-order valence-electron chi connectivity index (χ3n) is 7.09. The first-order valence-electron chi connectivity index (χ1n) is 13.7. The minimum absolute atomic E-state index is 0.105. The second kappa shape index (κ2) is 14.1. The number of hydrogen-bond acceptors (Lipinski definition) is 4. The Morgan fingerprint density at radius 2 is 1.55 bits per heavy atom. The highest BCUT2D eigenvalue weighted by atomic mass is 32.2. The first-order chi connectivity index (χ1) is 19.0. The third-order valence-corrected chi connectivity index (χ3v) is 8.27. The first kappa shape index (κ1) is 30.9. The quantitative estimate of drug-likeness (QED) is 0.319. The van der Waals surface area contributed by atoms with Crippen LogP contribution in [0.3, 0.4) is 0 Å². The Balaban J connectivity index is 1.87. The van der Waals surface area contributed by atoms with E-state index in [1.54, 1.807) is 11.0 Å². The van der Waals surface area contributed by atoms with Crippen molar-refractivity contribution in [2.45, 2.75) is 59.5 Å². The van der Waals surface area contributed by atoms with E-state index >= 15 is 0 Å². The van der Waals surface area contributed by atoms with Gasteiger partial charge in [-0.3, -0.25) is 13.9 Å². The highest BCUT2D eigenvalue weighted by Gasteiger charge is 2.30. The molecule has 0 radical (unpaired) electrons. The van der Waals surface area contributed by atoms with Crippen LogP contribution < -0.4 is 9.62 Å². The zero-order valence-corrected chi connectivity index (χ0v) is 25.0. The number of nitrogens with zero attached hydrogens (tertiary/aromatic N) is 2. The second-order valence-corrected chi connectivity index (χ2v) is 12.2. The zero-order chi connectivity index (χ0) is 29.3. The Kier molecular flexibility index (Phi) is 10.9. The molecule has 2 amide bonds. The first-order valence-corrected chi connectivity index (χ1v) is 15.6. The number of nitrogens with one attached hydrogen (secondary N) is 1. The van der Waals surface area contributed by atoms with Crippen molar-refractivity contribution < 1.29 is 18.0 Å². The SMILES string of the molecule is CCNC(=O)C(Cc1ccccc1)N(Cc1ccc(C)cc1)C(=O)CCCN(c1cccc(C)c1C)S(C)(=O)=O. The Bertz CT molecular complexity index is 1390. The van der Waals surface area contributed by atoms with Crippen LogP contribution in [0, 0.1) is 20.8 Å². The minimum Gasteiger partial charge on any atom is -0.355 e. The molecule has 0 saturated carbocycles. The van der Waals surface area contributed by atoms with Crippen LogP contribution in [0.15, 0.2) is 72.8 Å². The molecule has 1 atom stereocenters. The lowest BCUT2D eigenvalue weighted by atomic mass is 10.0. The van der Waals surface area contributed by atoms with Crippen molar-refractivity contribution in [2.75, 3.05) is 23.7 Å². The molecule has 0 aromatic heterocycles. The van der Waals surface area contributed by atoms with Crippen LogP contribution in [-0.4, -0.2) is 50.5 Å². The number of amides is 2. The summed E-state index contributed by atoms with van der Waals surface area (Å²) in [6.07, 6.45) is 1.98. The van der Waals surface area contributed by atoms with Gasteiger partial charge in [0.1, 0.15) is 6.04 Å². The lowest BCUT2D eigenvalue weighted by Crippen LogP contribution is -2.50. The standard InChI is InChI=1S/C32H41N3O4S/c1-6-33-32(37)30(22-27-13-8-7-9-14-27)34(23-28-19-17-24(2)18-20-28)31(36)16-11-21-35(40(5,38)39)29-15-10-12-25(3)26(29)4/h7-10,12-15,17-20,30H,6,11,16,21-23H2,1-5H3,(H,33,37). The van der Waals surface area contributed by atoms with Gasteiger partial charge in [0.2, 0.25) is 21.8 Å². The van der Waals surface area contributed by atoms with Crippen LogP contribution in [-0.2, 0) is 32.6 Å². The molecular weight excluding hydrogens is 522 g/mol. The predicted molar refractivity (Wildman–Crippen MR) is 162 cm³/mol. The van der Waals surface area contributed by atoms with Crippen molar-refractivity contribution in [1.29, 1.82) is 0 Å². The van der Waals surface area contributed by atoms with Gasteiger partial charge in [-0.1, -0.05) is 72.3 Å². The lowest BCUT2D eigenvalue weighted by molar-refractivity contribution is -0.141. The van der Waals surface area contributed by atoms with Crippen LogP contribution >= 0.6 is 0 Å². The lowest BCUT2D eigenvalue weighted by Gasteiger charge is -2.32. The molecule has 214 valence electrons. The highest BCUT2D eigenvalue weighted by molar-refractivity contribution is 7.92. The molecule has 0 fully saturated rings. The number of sulfonamides is 1. The predicted octanol–water partition coefficient (Wildman–Crippen LogP) is 4.93. The summed E-state index contributed by atoms with van der Waals surface area (Å²) >= 11 is 0. The molecule has 3 aromatic carbocycles. The van der Waals surface area contributed by atoms with E-state index in [1.807, 2.05) is 94.4 Å². The summed E-state index contributed by atoms with van der Waals surface area (Å²) in [4.78, 5) is 28.8. The molecular formula is C32H41N3O4S. The second-order valence-electron chi connectivity index (χ2n) is 10.3. The molecule has 1 unspecified atom stereocenters. The van der Waals surface area contributed by atoms with E-state index in [1.165, 1.54) is 10.6 Å². The van der Waals surface area contributed by atoms with E-state index in [0.717, 1.165) is 27.8 Å². The third kappa shape index (κ3) is 8.42. The van der Waals surface area contributed by atoms with E-state index in [-0.39, 0.29) is 31.3 Å². The van der Waals surface area contributed by atoms with E-state index in [9.17, 15) is 18.0 Å². The largest absolute Gasteiger partial charge is 0.355 e. The molecule has 0 bridgehead atoms. The van der Waals surface area contributed by atoms with E-state index in [4.69, 9.17) is 0 Å². The number of carbonyl (C=O) groups excluding carboxylic acids is 2. The molecule has 0 saturated heterocycles. The molecule has 0 aliphatic carbocycles. The van der Waals surface area contributed by atoms with Crippen LogP contribution in [0.5, 0.6) is 0 Å². The van der Waals surface area contributed by atoms with Gasteiger partial charge in [0.05, 0.1) is 11.9 Å². The smallest absolute Gasteiger partial charge is 0.243 e. The van der Waals surface area contributed by atoms with Gasteiger partial charge in [0.15, 0.2) is 0 Å². The molecule has 1 N–H and O–H groups in total. The topological polar surface area (TPSA) is 86.8 Å². The molecule has 7 nitrogen and oxygen atoms in total. The fourth-order valence-electron chi connectivity index (χ4n) is 4.72. The summed E-state index contributed by atoms with van der Waals surface area (Å²) in [6.45, 7) is 8.60. The summed E-state index contributed by atoms with van der Waals surface area (Å²) in [5, 5.41) is 2.90. The average Bonchev–Trinajstić information content (AvgIpc) is 2.91. The minimum atomic E-state index is -3.56. The van der Waals surface area contributed by atoms with Crippen LogP contribution in [0.25, 0.3) is 0 Å². The van der Waals surface area contributed by atoms with Gasteiger partial charge in [-0.05, 0) is 62.4 Å². The van der Waals surface area contributed by atoms with Crippen molar-refractivity contribution in [3.8, 4) is 0 Å². The van der Waals surface area contributed by atoms with Gasteiger partial charge in [-0.2, -0.15) is 0 Å². The van der Waals surface area contributed by atoms with Crippen molar-refractivity contribution in [1.82, 2.24) is 10.2 Å². The van der Waals surface area contributed by atoms with Crippen LogP contribution in [0.2, 0.25) is 0 Å². The summed E-state index contributed by atoms with van der Waals surface area (Å²) in [7, 11) is -3.56. The summed E-state index contributed by atoms with van der Waals surface area (Å²) < 4.78 is 26.8. The molecule has 3 rings (SSSR count). The van der Waals surface area contributed by atoms with Gasteiger partial charge in [-0.15, -0.1) is 0 Å². The number of carbonyl (C=O) groups is 2. The molecule has 3 aromatic rings. The van der Waals surface area contributed by atoms with Crippen LogP contribution in [0.1, 0.15) is 47.6 Å². The number of benzene rings is 3. The highest BCUT2D eigenvalue weighted by Crippen LogP contribution is 2.26. The molecule has 0 aliphatic rings. The van der Waals surface area contributed by atoms with Crippen molar-refractivity contribution >= 4 is 27.5 Å². The van der Waals surface area contributed by atoms with Gasteiger partial charge in [0, 0.05) is 32.5 Å². The summed E-state index contributed by atoms with van der Waals surface area (Å²) in [6, 6.07) is 22.5. The Morgan fingerprint density at radius 1 is 0.875 bits per heavy atom. The van der Waals surface area contributed by atoms with Gasteiger partial charge >= 0.3 is 0 Å². The van der Waals surface area contributed by atoms with E-state index in [2.05, 4.69) is 5.32 Å². The summed E-state index contributed by atoms with van der Waals surface area (Å²) in [5.41, 5.74) is 5.50.